The number of hydrogen-bond donors (Lipinski definition) is 3. The molecule has 6 nitrogen and oxygen atoms in total. The van der Waals surface area contributed by atoms with Gasteiger partial charge in [-0.1, -0.05) is 24.3 Å². The van der Waals surface area contributed by atoms with E-state index in [2.05, 4.69) is 20.8 Å². The highest BCUT2D eigenvalue weighted by Crippen LogP contribution is 2.30. The number of rotatable bonds is 6. The summed E-state index contributed by atoms with van der Waals surface area (Å²) in [6.45, 7) is 1.14. The Bertz CT molecular complexity index is 1100. The summed E-state index contributed by atoms with van der Waals surface area (Å²) >= 11 is 5.15. The maximum Gasteiger partial charge on any atom is 0.416 e. The quantitative estimate of drug-likeness (QED) is 0.405. The van der Waals surface area contributed by atoms with E-state index < -0.39 is 11.7 Å². The highest BCUT2D eigenvalue weighted by atomic mass is 32.1. The molecule has 0 spiro atoms. The predicted octanol–water partition coefficient (Wildman–Crippen LogP) is 3.75. The minimum absolute atomic E-state index is 0.240. The molecule has 2 aromatic carbocycles. The van der Waals surface area contributed by atoms with Crippen LogP contribution in [0.1, 0.15) is 12.0 Å². The van der Waals surface area contributed by atoms with Crippen LogP contribution in [0.5, 0.6) is 0 Å². The van der Waals surface area contributed by atoms with Gasteiger partial charge >= 0.3 is 6.18 Å². The minimum Gasteiger partial charge on any atom is -0.362 e. The first-order valence-corrected chi connectivity index (χ1v) is 9.57. The van der Waals surface area contributed by atoms with Crippen molar-refractivity contribution in [1.82, 2.24) is 15.5 Å². The molecule has 0 aliphatic rings. The Morgan fingerprint density at radius 3 is 2.63 bits per heavy atom. The van der Waals surface area contributed by atoms with Crippen molar-refractivity contribution in [2.45, 2.75) is 12.6 Å². The molecule has 3 N–H and O–H groups in total. The number of nitrogens with one attached hydrogen (secondary N) is 3. The van der Waals surface area contributed by atoms with Crippen LogP contribution in [0.3, 0.4) is 0 Å². The molecule has 1 heterocycles. The van der Waals surface area contributed by atoms with Gasteiger partial charge in [0.25, 0.3) is 5.56 Å². The fourth-order valence-electron chi connectivity index (χ4n) is 2.96. The van der Waals surface area contributed by atoms with Gasteiger partial charge in [0.2, 0.25) is 0 Å². The summed E-state index contributed by atoms with van der Waals surface area (Å²) < 4.78 is 38.4. The molecular formula is C20H20F3N5OS. The van der Waals surface area contributed by atoms with Gasteiger partial charge in [0.1, 0.15) is 0 Å². The van der Waals surface area contributed by atoms with Crippen LogP contribution in [0.2, 0.25) is 0 Å². The van der Waals surface area contributed by atoms with E-state index in [-0.39, 0.29) is 16.4 Å². The third-order valence-electron chi connectivity index (χ3n) is 4.44. The molecule has 0 bridgehead atoms. The zero-order chi connectivity index (χ0) is 21.7. The average Bonchev–Trinajstić information content (AvgIpc) is 2.71. The van der Waals surface area contributed by atoms with Crippen LogP contribution < -0.4 is 21.1 Å². The maximum absolute atomic E-state index is 12.8. The zero-order valence-electron chi connectivity index (χ0n) is 16.1. The lowest BCUT2D eigenvalue weighted by molar-refractivity contribution is -0.137. The normalized spacial score (nSPS) is 11.3. The number of fused-ring (bicyclic) bond motifs is 1. The van der Waals surface area contributed by atoms with Crippen molar-refractivity contribution in [3.63, 3.8) is 0 Å². The summed E-state index contributed by atoms with van der Waals surface area (Å²) in [6, 6.07) is 12.1. The monoisotopic (exact) mass is 435 g/mol. The van der Waals surface area contributed by atoms with Crippen molar-refractivity contribution in [3.8, 4) is 0 Å². The van der Waals surface area contributed by atoms with Crippen molar-refractivity contribution >= 4 is 39.6 Å². The Morgan fingerprint density at radius 2 is 1.90 bits per heavy atom. The van der Waals surface area contributed by atoms with Gasteiger partial charge in [-0.3, -0.25) is 4.79 Å². The van der Waals surface area contributed by atoms with Gasteiger partial charge in [-0.05, 0) is 42.9 Å². The fraction of sp³-hybridized carbons (Fsp3) is 0.250. The number of H-pyrrole nitrogens is 1. The lowest BCUT2D eigenvalue weighted by atomic mass is 10.2. The van der Waals surface area contributed by atoms with E-state index in [1.165, 1.54) is 12.1 Å². The number of benzene rings is 2. The smallest absolute Gasteiger partial charge is 0.362 e. The average molecular weight is 435 g/mol. The van der Waals surface area contributed by atoms with Crippen molar-refractivity contribution in [3.05, 3.63) is 64.4 Å². The fourth-order valence-corrected chi connectivity index (χ4v) is 3.18. The van der Waals surface area contributed by atoms with Crippen molar-refractivity contribution < 1.29 is 13.2 Å². The van der Waals surface area contributed by atoms with Crippen LogP contribution >= 0.6 is 12.2 Å². The second-order valence-corrected chi connectivity index (χ2v) is 7.06. The molecule has 0 radical (unpaired) electrons. The molecule has 0 aliphatic heterocycles. The number of aromatic amines is 1. The van der Waals surface area contributed by atoms with Crippen LogP contribution in [0.15, 0.2) is 53.3 Å². The highest BCUT2D eigenvalue weighted by molar-refractivity contribution is 7.80. The molecule has 0 aliphatic carbocycles. The number of hydrogen-bond acceptors (Lipinski definition) is 4. The standard InChI is InChI=1S/C20H20F3N5OS/c1-28(17-15-8-2-3-9-16(15)18(29)27-26-17)11-5-10-24-19(30)25-14-7-4-6-13(12-14)20(21,22)23/h2-4,6-9,12H,5,10-11H2,1H3,(H,27,29)(H2,24,25,30). The molecule has 0 fully saturated rings. The maximum atomic E-state index is 12.8. The molecule has 3 aromatic rings. The molecule has 3 rings (SSSR count). The van der Waals surface area contributed by atoms with E-state index >= 15 is 0 Å². The lowest BCUT2D eigenvalue weighted by Gasteiger charge is -2.19. The van der Waals surface area contributed by atoms with E-state index in [1.807, 2.05) is 24.1 Å². The van der Waals surface area contributed by atoms with Gasteiger partial charge < -0.3 is 15.5 Å². The number of nitrogens with zero attached hydrogens (tertiary/aromatic N) is 2. The highest BCUT2D eigenvalue weighted by Gasteiger charge is 2.30. The molecule has 0 amide bonds. The van der Waals surface area contributed by atoms with E-state index in [9.17, 15) is 18.0 Å². The van der Waals surface area contributed by atoms with Gasteiger partial charge in [0.05, 0.1) is 10.9 Å². The number of anilines is 2. The number of alkyl halides is 3. The van der Waals surface area contributed by atoms with Gasteiger partial charge in [-0.25, -0.2) is 5.10 Å². The summed E-state index contributed by atoms with van der Waals surface area (Å²) in [5.74, 6) is 0.662. The largest absolute Gasteiger partial charge is 0.416 e. The Hall–Kier alpha value is -3.14. The molecular weight excluding hydrogens is 415 g/mol. The Balaban J connectivity index is 1.51. The SMILES string of the molecule is CN(CCCNC(=S)Nc1cccc(C(F)(F)F)c1)c1n[nH]c(=O)c2ccccc12. The molecule has 1 aromatic heterocycles. The topological polar surface area (TPSA) is 73.0 Å². The van der Waals surface area contributed by atoms with E-state index in [1.54, 1.807) is 12.1 Å². The number of thiocarbonyl (C=S) groups is 1. The summed E-state index contributed by atoms with van der Waals surface area (Å²) in [4.78, 5) is 13.8. The molecule has 158 valence electrons. The molecule has 30 heavy (non-hydrogen) atoms. The predicted molar refractivity (Wildman–Crippen MR) is 116 cm³/mol. The summed E-state index contributed by atoms with van der Waals surface area (Å²) in [6.07, 6.45) is -3.71. The molecule has 0 unspecified atom stereocenters. The minimum atomic E-state index is -4.41. The number of halogens is 3. The van der Waals surface area contributed by atoms with E-state index in [0.717, 1.165) is 17.5 Å². The van der Waals surface area contributed by atoms with Crippen LogP contribution in [-0.4, -0.2) is 35.4 Å². The van der Waals surface area contributed by atoms with E-state index in [0.29, 0.717) is 30.7 Å². The lowest BCUT2D eigenvalue weighted by Crippen LogP contribution is -2.32. The van der Waals surface area contributed by atoms with Crippen LogP contribution in [-0.2, 0) is 6.18 Å². The summed E-state index contributed by atoms with van der Waals surface area (Å²) in [5.41, 5.74) is -0.712. The Morgan fingerprint density at radius 1 is 1.17 bits per heavy atom. The summed E-state index contributed by atoms with van der Waals surface area (Å²) in [5, 5.41) is 14.0. The molecule has 0 saturated heterocycles. The third-order valence-corrected chi connectivity index (χ3v) is 4.69. The first-order chi connectivity index (χ1) is 14.3. The van der Waals surface area contributed by atoms with Crippen LogP contribution in [0, 0.1) is 0 Å². The van der Waals surface area contributed by atoms with Crippen LogP contribution in [0.4, 0.5) is 24.7 Å². The first-order valence-electron chi connectivity index (χ1n) is 9.16. The van der Waals surface area contributed by atoms with Crippen molar-refractivity contribution in [2.75, 3.05) is 30.4 Å². The second kappa shape index (κ2) is 9.12. The van der Waals surface area contributed by atoms with Crippen molar-refractivity contribution in [1.29, 1.82) is 0 Å². The Kier molecular flexibility index (Phi) is 6.56. The summed E-state index contributed by atoms with van der Waals surface area (Å²) in [7, 11) is 1.87. The van der Waals surface area contributed by atoms with E-state index in [4.69, 9.17) is 12.2 Å². The van der Waals surface area contributed by atoms with Gasteiger partial charge in [-0.15, -0.1) is 0 Å². The molecule has 0 atom stereocenters. The van der Waals surface area contributed by atoms with Crippen LogP contribution in [0.25, 0.3) is 10.8 Å². The Labute approximate surface area is 176 Å². The molecule has 0 saturated carbocycles. The van der Waals surface area contributed by atoms with Gasteiger partial charge in [0.15, 0.2) is 10.9 Å². The second-order valence-electron chi connectivity index (χ2n) is 6.66. The zero-order valence-corrected chi connectivity index (χ0v) is 16.9. The molecule has 10 heteroatoms. The van der Waals surface area contributed by atoms with Gasteiger partial charge in [-0.2, -0.15) is 18.3 Å². The van der Waals surface area contributed by atoms with Crippen molar-refractivity contribution in [2.24, 2.45) is 0 Å². The van der Waals surface area contributed by atoms with Gasteiger partial charge in [0, 0.05) is 31.2 Å². The number of aromatic nitrogens is 2. The third kappa shape index (κ3) is 5.26. The first kappa shape index (κ1) is 21.6.